The molecular weight excluding hydrogens is 497 g/mol. The SMILES string of the molecule is Cc1c(NC(O)c2cc(C(N)=O)nc3c(Cl)cccc23)c(C(F)(F)F)nn1Cc1ccc(C#N)cc1. The molecule has 4 N–H and O–H groups in total. The Labute approximate surface area is 207 Å². The molecule has 0 saturated carbocycles. The van der Waals surface area contributed by atoms with E-state index in [9.17, 15) is 23.1 Å². The summed E-state index contributed by atoms with van der Waals surface area (Å²) in [5, 5.41) is 26.6. The fraction of sp³-hybridized carbons (Fsp3) is 0.167. The number of aliphatic hydroxyl groups is 1. The number of pyridine rings is 1. The highest BCUT2D eigenvalue weighted by Gasteiger charge is 2.39. The first-order valence-electron chi connectivity index (χ1n) is 10.5. The van der Waals surface area contributed by atoms with Crippen LogP contribution < -0.4 is 11.1 Å². The molecule has 8 nitrogen and oxygen atoms in total. The Morgan fingerprint density at radius 2 is 1.97 bits per heavy atom. The molecule has 4 rings (SSSR count). The summed E-state index contributed by atoms with van der Waals surface area (Å²) < 4.78 is 42.8. The molecule has 184 valence electrons. The van der Waals surface area contributed by atoms with Crippen LogP contribution in [0, 0.1) is 18.3 Å². The normalized spacial score (nSPS) is 12.4. The van der Waals surface area contributed by atoms with Gasteiger partial charge in [0.25, 0.3) is 5.91 Å². The molecule has 1 unspecified atom stereocenters. The van der Waals surface area contributed by atoms with Gasteiger partial charge in [0.2, 0.25) is 0 Å². The standard InChI is InChI=1S/C24H18ClF3N6O2/c1-12-19(21(24(26,27)28)33-34(12)11-14-7-5-13(10-29)6-8-14)32-23(36)16-9-18(22(30)35)31-20-15(16)3-2-4-17(20)25/h2-9,23,32,36H,11H2,1H3,(H2,30,35). The number of aliphatic hydroxyl groups excluding tert-OH is 1. The Balaban J connectivity index is 1.77. The van der Waals surface area contributed by atoms with E-state index in [0.29, 0.717) is 16.5 Å². The molecule has 0 bridgehead atoms. The molecule has 0 fully saturated rings. The maximum Gasteiger partial charge on any atom is 0.437 e. The van der Waals surface area contributed by atoms with Crippen LogP contribution in [0.2, 0.25) is 5.02 Å². The topological polar surface area (TPSA) is 130 Å². The molecule has 2 heterocycles. The summed E-state index contributed by atoms with van der Waals surface area (Å²) in [7, 11) is 0. The Morgan fingerprint density at radius 1 is 1.28 bits per heavy atom. The van der Waals surface area contributed by atoms with Gasteiger partial charge in [0.05, 0.1) is 40.1 Å². The summed E-state index contributed by atoms with van der Waals surface area (Å²) in [6.45, 7) is 1.43. The van der Waals surface area contributed by atoms with E-state index in [-0.39, 0.29) is 34.0 Å². The molecule has 0 spiro atoms. The van der Waals surface area contributed by atoms with Gasteiger partial charge in [0.1, 0.15) is 5.69 Å². The number of anilines is 1. The van der Waals surface area contributed by atoms with Crippen molar-refractivity contribution in [1.82, 2.24) is 14.8 Å². The summed E-state index contributed by atoms with van der Waals surface area (Å²) >= 11 is 6.18. The first-order valence-corrected chi connectivity index (χ1v) is 10.8. The minimum atomic E-state index is -4.83. The molecule has 2 aromatic carbocycles. The van der Waals surface area contributed by atoms with Gasteiger partial charge in [-0.05, 0) is 36.8 Å². The van der Waals surface area contributed by atoms with E-state index in [1.165, 1.54) is 19.1 Å². The third-order valence-electron chi connectivity index (χ3n) is 5.54. The van der Waals surface area contributed by atoms with Crippen molar-refractivity contribution in [2.45, 2.75) is 25.9 Å². The van der Waals surface area contributed by atoms with Crippen LogP contribution in [0.5, 0.6) is 0 Å². The first-order chi connectivity index (χ1) is 17.0. The van der Waals surface area contributed by atoms with Crippen LogP contribution >= 0.6 is 11.6 Å². The number of amides is 1. The largest absolute Gasteiger partial charge is 0.437 e. The molecule has 0 aliphatic rings. The molecule has 2 aromatic heterocycles. The van der Waals surface area contributed by atoms with Crippen molar-refractivity contribution in [1.29, 1.82) is 5.26 Å². The van der Waals surface area contributed by atoms with E-state index >= 15 is 0 Å². The second-order valence-electron chi connectivity index (χ2n) is 7.92. The van der Waals surface area contributed by atoms with E-state index in [1.54, 1.807) is 36.4 Å². The average molecular weight is 515 g/mol. The summed E-state index contributed by atoms with van der Waals surface area (Å²) in [5.41, 5.74) is 4.85. The van der Waals surface area contributed by atoms with E-state index in [2.05, 4.69) is 15.4 Å². The zero-order valence-electron chi connectivity index (χ0n) is 18.6. The van der Waals surface area contributed by atoms with Crippen LogP contribution in [0.1, 0.15) is 44.8 Å². The number of nitrogens with one attached hydrogen (secondary N) is 1. The number of halogens is 4. The number of nitrogens with zero attached hydrogens (tertiary/aromatic N) is 4. The van der Waals surface area contributed by atoms with Crippen LogP contribution in [0.3, 0.4) is 0 Å². The summed E-state index contributed by atoms with van der Waals surface area (Å²) in [4.78, 5) is 15.9. The minimum absolute atomic E-state index is 0.00197. The predicted octanol–water partition coefficient (Wildman–Crippen LogP) is 4.53. The van der Waals surface area contributed by atoms with Crippen LogP contribution in [-0.2, 0) is 12.7 Å². The van der Waals surface area contributed by atoms with Crippen molar-refractivity contribution in [3.05, 3.63) is 87.3 Å². The highest BCUT2D eigenvalue weighted by molar-refractivity contribution is 6.35. The molecule has 1 amide bonds. The van der Waals surface area contributed by atoms with Crippen molar-refractivity contribution in [3.8, 4) is 6.07 Å². The lowest BCUT2D eigenvalue weighted by molar-refractivity contribution is -0.140. The van der Waals surface area contributed by atoms with Crippen LogP contribution in [0.4, 0.5) is 18.9 Å². The van der Waals surface area contributed by atoms with Crippen LogP contribution in [0.15, 0.2) is 48.5 Å². The third kappa shape index (κ3) is 4.82. The lowest BCUT2D eigenvalue weighted by Crippen LogP contribution is -2.18. The number of rotatable bonds is 6. The van der Waals surface area contributed by atoms with Crippen molar-refractivity contribution in [3.63, 3.8) is 0 Å². The first kappa shape index (κ1) is 25.0. The minimum Gasteiger partial charge on any atom is -0.369 e. The maximum absolute atomic E-state index is 13.9. The fourth-order valence-corrected chi connectivity index (χ4v) is 3.95. The predicted molar refractivity (Wildman–Crippen MR) is 126 cm³/mol. The lowest BCUT2D eigenvalue weighted by Gasteiger charge is -2.19. The summed E-state index contributed by atoms with van der Waals surface area (Å²) in [6.07, 6.45) is -6.52. The number of nitriles is 1. The Hall–Kier alpha value is -4.14. The second-order valence-corrected chi connectivity index (χ2v) is 8.32. The van der Waals surface area contributed by atoms with Gasteiger partial charge in [-0.25, -0.2) is 4.98 Å². The zero-order chi connectivity index (χ0) is 26.2. The van der Waals surface area contributed by atoms with Crippen molar-refractivity contribution in [2.24, 2.45) is 5.73 Å². The monoisotopic (exact) mass is 514 g/mol. The van der Waals surface area contributed by atoms with Gasteiger partial charge >= 0.3 is 6.18 Å². The smallest absolute Gasteiger partial charge is 0.369 e. The molecule has 0 radical (unpaired) electrons. The maximum atomic E-state index is 13.9. The highest BCUT2D eigenvalue weighted by atomic mass is 35.5. The zero-order valence-corrected chi connectivity index (χ0v) is 19.4. The van der Waals surface area contributed by atoms with E-state index in [0.717, 1.165) is 4.68 Å². The fourth-order valence-electron chi connectivity index (χ4n) is 3.74. The van der Waals surface area contributed by atoms with Gasteiger partial charge in [0.15, 0.2) is 11.9 Å². The summed E-state index contributed by atoms with van der Waals surface area (Å²) in [6, 6.07) is 14.2. The van der Waals surface area contributed by atoms with Gasteiger partial charge < -0.3 is 16.2 Å². The molecule has 12 heteroatoms. The number of carbonyl (C=O) groups is 1. The number of hydrogen-bond acceptors (Lipinski definition) is 6. The van der Waals surface area contributed by atoms with Crippen molar-refractivity contribution >= 4 is 34.1 Å². The molecular formula is C24H18ClF3N6O2. The third-order valence-corrected chi connectivity index (χ3v) is 5.85. The van der Waals surface area contributed by atoms with Gasteiger partial charge in [-0.3, -0.25) is 9.48 Å². The Morgan fingerprint density at radius 3 is 2.58 bits per heavy atom. The van der Waals surface area contributed by atoms with E-state index in [4.69, 9.17) is 22.6 Å². The molecule has 36 heavy (non-hydrogen) atoms. The van der Waals surface area contributed by atoms with Gasteiger partial charge in [-0.2, -0.15) is 23.5 Å². The number of fused-ring (bicyclic) bond motifs is 1. The number of aromatic nitrogens is 3. The van der Waals surface area contributed by atoms with Crippen molar-refractivity contribution in [2.75, 3.05) is 5.32 Å². The van der Waals surface area contributed by atoms with Gasteiger partial charge in [-0.1, -0.05) is 35.9 Å². The van der Waals surface area contributed by atoms with E-state index in [1.807, 2.05) is 6.07 Å². The lowest BCUT2D eigenvalue weighted by atomic mass is 10.1. The van der Waals surface area contributed by atoms with Gasteiger partial charge in [-0.15, -0.1) is 0 Å². The number of para-hydroxylation sites is 1. The van der Waals surface area contributed by atoms with Gasteiger partial charge in [0, 0.05) is 10.9 Å². The number of primary amides is 1. The number of hydrogen-bond donors (Lipinski definition) is 3. The Kier molecular flexibility index (Phi) is 6.58. The number of alkyl halides is 3. The molecule has 4 aromatic rings. The average Bonchev–Trinajstić information content (AvgIpc) is 3.14. The summed E-state index contributed by atoms with van der Waals surface area (Å²) in [5.74, 6) is -0.896. The van der Waals surface area contributed by atoms with Crippen molar-refractivity contribution < 1.29 is 23.1 Å². The number of carbonyl (C=O) groups excluding carboxylic acids is 1. The van der Waals surface area contributed by atoms with Crippen LogP contribution in [0.25, 0.3) is 10.9 Å². The molecule has 0 aliphatic carbocycles. The highest BCUT2D eigenvalue weighted by Crippen LogP contribution is 2.38. The molecule has 0 saturated heterocycles. The molecule has 0 aliphatic heterocycles. The molecule has 1 atom stereocenters. The quantitative estimate of drug-likeness (QED) is 0.324. The second kappa shape index (κ2) is 9.49. The number of nitrogens with two attached hydrogens (primary N) is 1. The van der Waals surface area contributed by atoms with Crippen LogP contribution in [-0.4, -0.2) is 25.8 Å². The van der Waals surface area contributed by atoms with E-state index < -0.39 is 29.7 Å². The Bertz CT molecular complexity index is 1510. The number of benzene rings is 2.